The Hall–Kier alpha value is -2.48. The summed E-state index contributed by atoms with van der Waals surface area (Å²) in [7, 11) is 1.35. The molecule has 0 aliphatic carbocycles. The molecule has 0 bridgehead atoms. The van der Waals surface area contributed by atoms with Gasteiger partial charge in [-0.1, -0.05) is 6.92 Å². The number of benzene rings is 1. The molecule has 7 nitrogen and oxygen atoms in total. The molecule has 0 aliphatic rings. The van der Waals surface area contributed by atoms with Crippen LogP contribution in [-0.2, 0) is 0 Å². The number of nitrogens with one attached hydrogen (secondary N) is 1. The van der Waals surface area contributed by atoms with Crippen LogP contribution in [0, 0.1) is 17.0 Å². The van der Waals surface area contributed by atoms with Crippen LogP contribution >= 0.6 is 11.3 Å². The Kier molecular flexibility index (Phi) is 5.28. The fraction of sp³-hybridized carbons (Fsp3) is 0.333. The zero-order valence-electron chi connectivity index (χ0n) is 13.0. The number of amides is 1. The van der Waals surface area contributed by atoms with E-state index in [-0.39, 0.29) is 28.9 Å². The largest absolute Gasteiger partial charge is 0.490 e. The van der Waals surface area contributed by atoms with Gasteiger partial charge in [0.2, 0.25) is 0 Å². The summed E-state index contributed by atoms with van der Waals surface area (Å²) in [5.41, 5.74) is 0.875. The molecule has 1 aromatic heterocycles. The van der Waals surface area contributed by atoms with Gasteiger partial charge >= 0.3 is 5.69 Å². The van der Waals surface area contributed by atoms with E-state index in [0.717, 1.165) is 10.7 Å². The standard InChI is InChI=1S/C15H17N3O4S/c1-4-11(15-16-9(2)8-23-15)17-14(19)10-5-6-13(22-3)12(7-10)18(20)21/h5-8,11H,4H2,1-3H3,(H,17,19). The molecule has 1 heterocycles. The summed E-state index contributed by atoms with van der Waals surface area (Å²) < 4.78 is 4.93. The van der Waals surface area contributed by atoms with E-state index in [9.17, 15) is 14.9 Å². The third-order valence-electron chi connectivity index (χ3n) is 3.29. The number of nitro groups is 1. The first kappa shape index (κ1) is 16.9. The summed E-state index contributed by atoms with van der Waals surface area (Å²) in [4.78, 5) is 27.2. The molecule has 8 heteroatoms. The normalized spacial score (nSPS) is 11.8. The Morgan fingerprint density at radius 1 is 1.52 bits per heavy atom. The number of methoxy groups -OCH3 is 1. The molecular formula is C15H17N3O4S. The number of hydrogen-bond donors (Lipinski definition) is 1. The molecule has 122 valence electrons. The van der Waals surface area contributed by atoms with Crippen molar-refractivity contribution in [3.8, 4) is 5.75 Å². The minimum absolute atomic E-state index is 0.120. The van der Waals surface area contributed by atoms with Gasteiger partial charge < -0.3 is 10.1 Å². The second kappa shape index (κ2) is 7.19. The number of thiazole rings is 1. The lowest BCUT2D eigenvalue weighted by molar-refractivity contribution is -0.385. The van der Waals surface area contributed by atoms with E-state index in [0.29, 0.717) is 6.42 Å². The lowest BCUT2D eigenvalue weighted by Gasteiger charge is -2.14. The Balaban J connectivity index is 2.22. The maximum atomic E-state index is 12.4. The van der Waals surface area contributed by atoms with Crippen LogP contribution < -0.4 is 10.1 Å². The lowest BCUT2D eigenvalue weighted by atomic mass is 10.1. The molecule has 1 aromatic carbocycles. The molecule has 0 saturated carbocycles. The quantitative estimate of drug-likeness (QED) is 0.646. The van der Waals surface area contributed by atoms with Gasteiger partial charge in [0.05, 0.1) is 18.1 Å². The van der Waals surface area contributed by atoms with Crippen molar-refractivity contribution in [3.63, 3.8) is 0 Å². The highest BCUT2D eigenvalue weighted by atomic mass is 32.1. The minimum atomic E-state index is -0.572. The van der Waals surface area contributed by atoms with Gasteiger partial charge in [0, 0.05) is 22.7 Å². The summed E-state index contributed by atoms with van der Waals surface area (Å²) in [5, 5.41) is 16.6. The van der Waals surface area contributed by atoms with Crippen molar-refractivity contribution in [1.82, 2.24) is 10.3 Å². The first-order valence-corrected chi connectivity index (χ1v) is 7.89. The average molecular weight is 335 g/mol. The number of aryl methyl sites for hydroxylation is 1. The molecule has 2 rings (SSSR count). The van der Waals surface area contributed by atoms with Crippen LogP contribution in [0.5, 0.6) is 5.75 Å². The molecule has 2 aromatic rings. The van der Waals surface area contributed by atoms with Gasteiger partial charge in [0.15, 0.2) is 5.75 Å². The van der Waals surface area contributed by atoms with Crippen molar-refractivity contribution in [2.75, 3.05) is 7.11 Å². The molecule has 23 heavy (non-hydrogen) atoms. The van der Waals surface area contributed by atoms with Gasteiger partial charge in [-0.15, -0.1) is 11.3 Å². The molecule has 0 spiro atoms. The number of carbonyl (C=O) groups is 1. The van der Waals surface area contributed by atoms with E-state index in [1.165, 1.54) is 36.6 Å². The second-order valence-electron chi connectivity index (χ2n) is 4.91. The second-order valence-corrected chi connectivity index (χ2v) is 5.79. The number of nitro benzene ring substituents is 1. The molecule has 0 saturated heterocycles. The molecule has 1 amide bonds. The number of rotatable bonds is 6. The summed E-state index contributed by atoms with van der Waals surface area (Å²) in [6, 6.07) is 3.92. The van der Waals surface area contributed by atoms with E-state index in [1.807, 2.05) is 19.2 Å². The highest BCUT2D eigenvalue weighted by molar-refractivity contribution is 7.09. The van der Waals surface area contributed by atoms with Crippen LogP contribution in [0.25, 0.3) is 0 Å². The molecule has 0 aliphatic heterocycles. The first-order valence-electron chi connectivity index (χ1n) is 7.01. The molecular weight excluding hydrogens is 318 g/mol. The number of hydrogen-bond acceptors (Lipinski definition) is 6. The number of nitrogens with zero attached hydrogens (tertiary/aromatic N) is 2. The number of carbonyl (C=O) groups excluding carboxylic acids is 1. The van der Waals surface area contributed by atoms with Gasteiger partial charge in [-0.05, 0) is 25.5 Å². The minimum Gasteiger partial charge on any atom is -0.490 e. The smallest absolute Gasteiger partial charge is 0.311 e. The zero-order valence-corrected chi connectivity index (χ0v) is 13.8. The maximum Gasteiger partial charge on any atom is 0.311 e. The number of aromatic nitrogens is 1. The van der Waals surface area contributed by atoms with Crippen molar-refractivity contribution in [3.05, 3.63) is 50.0 Å². The Labute approximate surface area is 137 Å². The van der Waals surface area contributed by atoms with Crippen LogP contribution in [0.4, 0.5) is 5.69 Å². The van der Waals surface area contributed by atoms with E-state index in [1.54, 1.807) is 0 Å². The van der Waals surface area contributed by atoms with Crippen LogP contribution in [0.1, 0.15) is 40.4 Å². The van der Waals surface area contributed by atoms with E-state index < -0.39 is 4.92 Å². The van der Waals surface area contributed by atoms with Crippen molar-refractivity contribution >= 4 is 22.9 Å². The third-order valence-corrected chi connectivity index (χ3v) is 4.36. The van der Waals surface area contributed by atoms with Gasteiger partial charge in [-0.25, -0.2) is 4.98 Å². The average Bonchev–Trinajstić information content (AvgIpc) is 2.97. The van der Waals surface area contributed by atoms with Gasteiger partial charge in [0.1, 0.15) is 5.01 Å². The Morgan fingerprint density at radius 2 is 2.26 bits per heavy atom. The van der Waals surface area contributed by atoms with Crippen LogP contribution in [0.3, 0.4) is 0 Å². The monoisotopic (exact) mass is 335 g/mol. The molecule has 0 fully saturated rings. The molecule has 1 unspecified atom stereocenters. The maximum absolute atomic E-state index is 12.4. The predicted molar refractivity (Wildman–Crippen MR) is 87.0 cm³/mol. The molecule has 1 atom stereocenters. The third kappa shape index (κ3) is 3.84. The van der Waals surface area contributed by atoms with Crippen molar-refractivity contribution in [1.29, 1.82) is 0 Å². The topological polar surface area (TPSA) is 94.4 Å². The molecule has 1 N–H and O–H groups in total. The molecule has 0 radical (unpaired) electrons. The lowest BCUT2D eigenvalue weighted by Crippen LogP contribution is -2.28. The van der Waals surface area contributed by atoms with Crippen LogP contribution in [-0.4, -0.2) is 22.9 Å². The van der Waals surface area contributed by atoms with Crippen LogP contribution in [0.15, 0.2) is 23.6 Å². The highest BCUT2D eigenvalue weighted by Crippen LogP contribution is 2.28. The number of ether oxygens (including phenoxy) is 1. The predicted octanol–water partition coefficient (Wildman–Crippen LogP) is 3.25. The van der Waals surface area contributed by atoms with E-state index in [4.69, 9.17) is 4.74 Å². The van der Waals surface area contributed by atoms with Crippen molar-refractivity contribution < 1.29 is 14.5 Å². The van der Waals surface area contributed by atoms with E-state index >= 15 is 0 Å². The van der Waals surface area contributed by atoms with E-state index in [2.05, 4.69) is 10.3 Å². The summed E-state index contributed by atoms with van der Waals surface area (Å²) in [6.45, 7) is 3.83. The van der Waals surface area contributed by atoms with Gasteiger partial charge in [-0.3, -0.25) is 14.9 Å². The Morgan fingerprint density at radius 3 is 2.78 bits per heavy atom. The van der Waals surface area contributed by atoms with Crippen molar-refractivity contribution in [2.45, 2.75) is 26.3 Å². The van der Waals surface area contributed by atoms with Crippen molar-refractivity contribution in [2.24, 2.45) is 0 Å². The highest BCUT2D eigenvalue weighted by Gasteiger charge is 2.21. The summed E-state index contributed by atoms with van der Waals surface area (Å²) in [5.74, 6) is -0.260. The summed E-state index contributed by atoms with van der Waals surface area (Å²) in [6.07, 6.45) is 0.678. The van der Waals surface area contributed by atoms with Gasteiger partial charge in [-0.2, -0.15) is 0 Å². The fourth-order valence-corrected chi connectivity index (χ4v) is 3.02. The summed E-state index contributed by atoms with van der Waals surface area (Å²) >= 11 is 1.48. The fourth-order valence-electron chi connectivity index (χ4n) is 2.09. The van der Waals surface area contributed by atoms with Gasteiger partial charge in [0.25, 0.3) is 5.91 Å². The van der Waals surface area contributed by atoms with Crippen LogP contribution in [0.2, 0.25) is 0 Å². The zero-order chi connectivity index (χ0) is 17.0. The first-order chi connectivity index (χ1) is 11.0. The SMILES string of the molecule is CCC(NC(=O)c1ccc(OC)c([N+](=O)[O-])c1)c1nc(C)cs1. The Bertz CT molecular complexity index is 729.